The van der Waals surface area contributed by atoms with Gasteiger partial charge in [-0.25, -0.2) is 0 Å². The van der Waals surface area contributed by atoms with Crippen molar-refractivity contribution in [2.24, 2.45) is 0 Å². The summed E-state index contributed by atoms with van der Waals surface area (Å²) in [4.78, 5) is 11.0. The normalized spacial score (nSPS) is 10.8. The molecular weight excluding hydrogens is 154 g/mol. The van der Waals surface area contributed by atoms with Gasteiger partial charge in [-0.15, -0.1) is 4.73 Å². The molecule has 64 valence electrons. The molecular formula is C9H11NO2. The molecule has 1 rings (SSSR count). The summed E-state index contributed by atoms with van der Waals surface area (Å²) in [7, 11) is 0. The lowest BCUT2D eigenvalue weighted by molar-refractivity contribution is 0.172. The van der Waals surface area contributed by atoms with E-state index in [0.717, 1.165) is 5.56 Å². The van der Waals surface area contributed by atoms with Crippen LogP contribution in [0.25, 0.3) is 6.08 Å². The molecule has 0 aliphatic carbocycles. The van der Waals surface area contributed by atoms with Gasteiger partial charge >= 0.3 is 0 Å². The first-order valence-corrected chi connectivity index (χ1v) is 3.71. The van der Waals surface area contributed by atoms with Gasteiger partial charge in [-0.3, -0.25) is 4.79 Å². The first kappa shape index (κ1) is 8.59. The summed E-state index contributed by atoms with van der Waals surface area (Å²) in [5.41, 5.74) is 0.948. The van der Waals surface area contributed by atoms with Gasteiger partial charge in [-0.1, -0.05) is 6.08 Å². The van der Waals surface area contributed by atoms with E-state index in [0.29, 0.717) is 10.4 Å². The smallest absolute Gasteiger partial charge is 0.283 e. The predicted octanol–water partition coefficient (Wildman–Crippen LogP) is 1.43. The maximum atomic E-state index is 11.0. The zero-order valence-corrected chi connectivity index (χ0v) is 7.11. The second-order valence-corrected chi connectivity index (χ2v) is 2.61. The van der Waals surface area contributed by atoms with Crippen LogP contribution in [0.4, 0.5) is 0 Å². The molecule has 0 bridgehead atoms. The van der Waals surface area contributed by atoms with Crippen molar-refractivity contribution in [1.82, 2.24) is 4.73 Å². The molecule has 0 unspecified atom stereocenters. The van der Waals surface area contributed by atoms with Gasteiger partial charge in [0, 0.05) is 6.07 Å². The van der Waals surface area contributed by atoms with Gasteiger partial charge in [-0.2, -0.15) is 0 Å². The highest BCUT2D eigenvalue weighted by Gasteiger charge is 1.98. The predicted molar refractivity (Wildman–Crippen MR) is 47.3 cm³/mol. The fourth-order valence-electron chi connectivity index (χ4n) is 1.01. The lowest BCUT2D eigenvalue weighted by Crippen LogP contribution is -2.18. The molecule has 0 aliphatic heterocycles. The number of aryl methyl sites for hydroxylation is 1. The van der Waals surface area contributed by atoms with Crippen LogP contribution in [0.2, 0.25) is 0 Å². The van der Waals surface area contributed by atoms with Crippen LogP contribution < -0.4 is 5.56 Å². The summed E-state index contributed by atoms with van der Waals surface area (Å²) in [5, 5.41) is 9.21. The zero-order chi connectivity index (χ0) is 9.14. The third kappa shape index (κ3) is 1.56. The second-order valence-electron chi connectivity index (χ2n) is 2.61. The van der Waals surface area contributed by atoms with Crippen molar-refractivity contribution in [2.75, 3.05) is 0 Å². The molecule has 1 aromatic rings. The first-order chi connectivity index (χ1) is 5.65. The van der Waals surface area contributed by atoms with Crippen molar-refractivity contribution < 1.29 is 5.21 Å². The van der Waals surface area contributed by atoms with Crippen LogP contribution in [0, 0.1) is 6.92 Å². The van der Waals surface area contributed by atoms with E-state index in [4.69, 9.17) is 0 Å². The number of rotatable bonds is 1. The molecule has 1 heterocycles. The number of hydrogen-bond acceptors (Lipinski definition) is 2. The van der Waals surface area contributed by atoms with E-state index < -0.39 is 5.56 Å². The van der Waals surface area contributed by atoms with E-state index >= 15 is 0 Å². The van der Waals surface area contributed by atoms with Crippen molar-refractivity contribution in [1.29, 1.82) is 0 Å². The van der Waals surface area contributed by atoms with Gasteiger partial charge in [-0.05, 0) is 31.6 Å². The topological polar surface area (TPSA) is 42.2 Å². The Morgan fingerprint density at radius 2 is 2.17 bits per heavy atom. The maximum absolute atomic E-state index is 11.0. The quantitative estimate of drug-likeness (QED) is 0.639. The van der Waals surface area contributed by atoms with Gasteiger partial charge in [0.25, 0.3) is 5.56 Å². The van der Waals surface area contributed by atoms with Crippen molar-refractivity contribution >= 4 is 6.08 Å². The molecule has 0 radical (unpaired) electrons. The minimum Gasteiger partial charge on any atom is -0.425 e. The molecule has 1 aromatic heterocycles. The van der Waals surface area contributed by atoms with Crippen LogP contribution in [0.15, 0.2) is 23.0 Å². The van der Waals surface area contributed by atoms with E-state index in [-0.39, 0.29) is 0 Å². The number of hydrogen-bond donors (Lipinski definition) is 1. The Hall–Kier alpha value is -1.51. The summed E-state index contributed by atoms with van der Waals surface area (Å²) in [6, 6.07) is 3.12. The molecule has 3 nitrogen and oxygen atoms in total. The van der Waals surface area contributed by atoms with E-state index in [9.17, 15) is 10.0 Å². The standard InChI is InChI=1S/C9H11NO2/c1-3-4-8-5-7(2)6-9(11)10(8)12/h3-6,12H,1-2H3/b4-3-. The maximum Gasteiger partial charge on any atom is 0.283 e. The molecule has 0 fully saturated rings. The van der Waals surface area contributed by atoms with Gasteiger partial charge < -0.3 is 5.21 Å². The summed E-state index contributed by atoms with van der Waals surface area (Å²) in [6.07, 6.45) is 3.44. The third-order valence-electron chi connectivity index (χ3n) is 1.52. The molecule has 3 heteroatoms. The van der Waals surface area contributed by atoms with Crippen LogP contribution >= 0.6 is 0 Å². The minimum absolute atomic E-state index is 0.400. The summed E-state index contributed by atoms with van der Waals surface area (Å²) in [6.45, 7) is 3.64. The lowest BCUT2D eigenvalue weighted by atomic mass is 10.2. The van der Waals surface area contributed by atoms with Gasteiger partial charge in [0.2, 0.25) is 0 Å². The number of allylic oxidation sites excluding steroid dienone is 1. The largest absolute Gasteiger partial charge is 0.425 e. The highest BCUT2D eigenvalue weighted by molar-refractivity contribution is 5.45. The van der Waals surface area contributed by atoms with Gasteiger partial charge in [0.1, 0.15) is 0 Å². The first-order valence-electron chi connectivity index (χ1n) is 3.71. The van der Waals surface area contributed by atoms with Crippen LogP contribution in [0.5, 0.6) is 0 Å². The zero-order valence-electron chi connectivity index (χ0n) is 7.11. The van der Waals surface area contributed by atoms with E-state index in [1.54, 1.807) is 18.2 Å². The third-order valence-corrected chi connectivity index (χ3v) is 1.52. The Balaban J connectivity index is 3.37. The SMILES string of the molecule is C/C=C\c1cc(C)cc(=O)n1O. The molecule has 0 amide bonds. The Morgan fingerprint density at radius 1 is 1.50 bits per heavy atom. The molecule has 0 saturated carbocycles. The van der Waals surface area contributed by atoms with Crippen LogP contribution in [0.1, 0.15) is 18.2 Å². The molecule has 1 N–H and O–H groups in total. The molecule has 0 spiro atoms. The second kappa shape index (κ2) is 3.26. The van der Waals surface area contributed by atoms with Gasteiger partial charge in [0.05, 0.1) is 5.69 Å². The fourth-order valence-corrected chi connectivity index (χ4v) is 1.01. The van der Waals surface area contributed by atoms with E-state index in [2.05, 4.69) is 0 Å². The summed E-state index contributed by atoms with van der Waals surface area (Å²) < 4.78 is 0.632. The molecule has 0 aliphatic rings. The summed E-state index contributed by atoms with van der Waals surface area (Å²) >= 11 is 0. The number of aromatic nitrogens is 1. The van der Waals surface area contributed by atoms with Crippen molar-refractivity contribution in [3.8, 4) is 0 Å². The highest BCUT2D eigenvalue weighted by Crippen LogP contribution is 2.01. The fraction of sp³-hybridized carbons (Fsp3) is 0.222. The Bertz CT molecular complexity index is 363. The van der Waals surface area contributed by atoms with E-state index in [1.165, 1.54) is 6.07 Å². The Labute approximate surface area is 70.5 Å². The molecule has 12 heavy (non-hydrogen) atoms. The average molecular weight is 165 g/mol. The minimum atomic E-state index is -0.400. The van der Waals surface area contributed by atoms with Crippen LogP contribution in [-0.2, 0) is 0 Å². The number of pyridine rings is 1. The van der Waals surface area contributed by atoms with Crippen LogP contribution in [-0.4, -0.2) is 9.94 Å². The Kier molecular flexibility index (Phi) is 2.33. The molecule has 0 atom stereocenters. The van der Waals surface area contributed by atoms with Gasteiger partial charge in [0.15, 0.2) is 0 Å². The highest BCUT2D eigenvalue weighted by atomic mass is 16.5. The average Bonchev–Trinajstić information content (AvgIpc) is 2.00. The van der Waals surface area contributed by atoms with E-state index in [1.807, 2.05) is 13.8 Å². The molecule has 0 saturated heterocycles. The van der Waals surface area contributed by atoms with Crippen molar-refractivity contribution in [3.05, 3.63) is 39.8 Å². The Morgan fingerprint density at radius 3 is 2.75 bits per heavy atom. The molecule has 0 aromatic carbocycles. The summed E-state index contributed by atoms with van der Waals surface area (Å²) in [5.74, 6) is 0. The van der Waals surface area contributed by atoms with Crippen molar-refractivity contribution in [2.45, 2.75) is 13.8 Å². The van der Waals surface area contributed by atoms with Crippen molar-refractivity contribution in [3.63, 3.8) is 0 Å². The lowest BCUT2D eigenvalue weighted by Gasteiger charge is -2.01. The monoisotopic (exact) mass is 165 g/mol. The van der Waals surface area contributed by atoms with Crippen LogP contribution in [0.3, 0.4) is 0 Å². The number of nitrogens with zero attached hydrogens (tertiary/aromatic N) is 1.